The number of hydrogen-bond acceptors (Lipinski definition) is 3. The first kappa shape index (κ1) is 12.3. The molecule has 5 heteroatoms. The summed E-state index contributed by atoms with van der Waals surface area (Å²) in [5.74, 6) is 0.949. The maximum absolute atomic E-state index is 13.3. The van der Waals surface area contributed by atoms with Gasteiger partial charge in [0.05, 0.1) is 20.8 Å². The van der Waals surface area contributed by atoms with Crippen molar-refractivity contribution in [2.45, 2.75) is 6.17 Å². The van der Waals surface area contributed by atoms with Crippen molar-refractivity contribution in [1.82, 2.24) is 0 Å². The standard InChI is InChI=1S/C10H12BrFO3/c1-14-9-3-6(8(12)5-13)7(11)4-10(9)15-2/h3-4,8,13H,5H2,1-2H3. The Morgan fingerprint density at radius 2 is 1.87 bits per heavy atom. The fraction of sp³-hybridized carbons (Fsp3) is 0.400. The molecule has 1 N–H and O–H groups in total. The minimum absolute atomic E-state index is 0.343. The number of aliphatic hydroxyl groups excluding tert-OH is 1. The van der Waals surface area contributed by atoms with Crippen LogP contribution in [-0.2, 0) is 0 Å². The smallest absolute Gasteiger partial charge is 0.161 e. The Labute approximate surface area is 95.9 Å². The first-order chi connectivity index (χ1) is 7.13. The number of aliphatic hydroxyl groups is 1. The lowest BCUT2D eigenvalue weighted by Gasteiger charge is -2.13. The highest BCUT2D eigenvalue weighted by atomic mass is 79.9. The minimum atomic E-state index is -1.43. The molecule has 0 amide bonds. The predicted molar refractivity (Wildman–Crippen MR) is 58.2 cm³/mol. The van der Waals surface area contributed by atoms with Crippen LogP contribution in [0, 0.1) is 0 Å². The van der Waals surface area contributed by atoms with Gasteiger partial charge in [-0.05, 0) is 12.1 Å². The second-order valence-corrected chi connectivity index (χ2v) is 3.73. The lowest BCUT2D eigenvalue weighted by molar-refractivity contribution is 0.179. The van der Waals surface area contributed by atoms with E-state index < -0.39 is 12.8 Å². The quantitative estimate of drug-likeness (QED) is 0.920. The summed E-state index contributed by atoms with van der Waals surface area (Å²) in [7, 11) is 2.98. The zero-order valence-corrected chi connectivity index (χ0v) is 10.0. The van der Waals surface area contributed by atoms with Crippen molar-refractivity contribution in [3.05, 3.63) is 22.2 Å². The van der Waals surface area contributed by atoms with Crippen LogP contribution in [0.4, 0.5) is 4.39 Å². The molecule has 1 atom stereocenters. The van der Waals surface area contributed by atoms with Gasteiger partial charge in [-0.3, -0.25) is 0 Å². The highest BCUT2D eigenvalue weighted by Crippen LogP contribution is 2.36. The molecule has 15 heavy (non-hydrogen) atoms. The van der Waals surface area contributed by atoms with Crippen molar-refractivity contribution in [3.63, 3.8) is 0 Å². The third-order valence-electron chi connectivity index (χ3n) is 2.00. The van der Waals surface area contributed by atoms with Crippen LogP contribution in [0.25, 0.3) is 0 Å². The van der Waals surface area contributed by atoms with E-state index in [0.717, 1.165) is 0 Å². The number of ether oxygens (including phenoxy) is 2. The zero-order chi connectivity index (χ0) is 11.4. The van der Waals surface area contributed by atoms with Gasteiger partial charge in [-0.25, -0.2) is 4.39 Å². The SMILES string of the molecule is COc1cc(Br)c(C(F)CO)cc1OC. The Balaban J connectivity index is 3.19. The molecule has 0 aliphatic carbocycles. The highest BCUT2D eigenvalue weighted by Gasteiger charge is 2.16. The van der Waals surface area contributed by atoms with E-state index in [1.165, 1.54) is 20.3 Å². The first-order valence-corrected chi connectivity index (χ1v) is 5.09. The summed E-state index contributed by atoms with van der Waals surface area (Å²) >= 11 is 3.21. The summed E-state index contributed by atoms with van der Waals surface area (Å²) in [6.45, 7) is -0.561. The van der Waals surface area contributed by atoms with Crippen LogP contribution in [0.3, 0.4) is 0 Å². The number of methoxy groups -OCH3 is 2. The topological polar surface area (TPSA) is 38.7 Å². The van der Waals surface area contributed by atoms with Gasteiger partial charge in [-0.2, -0.15) is 0 Å². The molecule has 0 aromatic heterocycles. The minimum Gasteiger partial charge on any atom is -0.493 e. The monoisotopic (exact) mass is 278 g/mol. The van der Waals surface area contributed by atoms with Gasteiger partial charge in [0.15, 0.2) is 11.5 Å². The van der Waals surface area contributed by atoms with Crippen LogP contribution >= 0.6 is 15.9 Å². The molecular weight excluding hydrogens is 267 g/mol. The van der Waals surface area contributed by atoms with Crippen LogP contribution in [-0.4, -0.2) is 25.9 Å². The van der Waals surface area contributed by atoms with E-state index in [2.05, 4.69) is 15.9 Å². The summed E-state index contributed by atoms with van der Waals surface area (Å²) in [5, 5.41) is 8.73. The van der Waals surface area contributed by atoms with E-state index in [1.807, 2.05) is 0 Å². The van der Waals surface area contributed by atoms with Gasteiger partial charge in [0.2, 0.25) is 0 Å². The van der Waals surface area contributed by atoms with Gasteiger partial charge < -0.3 is 14.6 Å². The molecular formula is C10H12BrFO3. The number of benzene rings is 1. The summed E-state index contributed by atoms with van der Waals surface area (Å²) in [6, 6.07) is 3.11. The molecule has 0 saturated carbocycles. The van der Waals surface area contributed by atoms with Gasteiger partial charge in [-0.15, -0.1) is 0 Å². The third-order valence-corrected chi connectivity index (χ3v) is 2.69. The maximum atomic E-state index is 13.3. The molecule has 0 bridgehead atoms. The van der Waals surface area contributed by atoms with Crippen LogP contribution in [0.1, 0.15) is 11.7 Å². The Hall–Kier alpha value is -0.810. The van der Waals surface area contributed by atoms with E-state index in [1.54, 1.807) is 6.07 Å². The van der Waals surface area contributed by atoms with Crippen molar-refractivity contribution in [1.29, 1.82) is 0 Å². The summed E-state index contributed by atoms with van der Waals surface area (Å²) < 4.78 is 23.9. The molecule has 0 saturated heterocycles. The number of halogens is 2. The van der Waals surface area contributed by atoms with E-state index in [-0.39, 0.29) is 0 Å². The summed E-state index contributed by atoms with van der Waals surface area (Å²) in [5.41, 5.74) is 0.343. The van der Waals surface area contributed by atoms with Crippen molar-refractivity contribution < 1.29 is 19.0 Å². The fourth-order valence-corrected chi connectivity index (χ4v) is 1.78. The molecule has 0 heterocycles. The van der Waals surface area contributed by atoms with Gasteiger partial charge >= 0.3 is 0 Å². The average Bonchev–Trinajstić information content (AvgIpc) is 2.27. The fourth-order valence-electron chi connectivity index (χ4n) is 1.21. The Morgan fingerprint density at radius 1 is 1.33 bits per heavy atom. The van der Waals surface area contributed by atoms with E-state index in [9.17, 15) is 4.39 Å². The lowest BCUT2D eigenvalue weighted by atomic mass is 10.1. The highest BCUT2D eigenvalue weighted by molar-refractivity contribution is 9.10. The van der Waals surface area contributed by atoms with Gasteiger partial charge in [0.25, 0.3) is 0 Å². The second kappa shape index (κ2) is 5.32. The molecule has 0 aliphatic heterocycles. The largest absolute Gasteiger partial charge is 0.493 e. The first-order valence-electron chi connectivity index (χ1n) is 4.30. The normalized spacial score (nSPS) is 12.3. The third kappa shape index (κ3) is 2.60. The zero-order valence-electron chi connectivity index (χ0n) is 8.46. The molecule has 0 fully saturated rings. The number of rotatable bonds is 4. The molecule has 1 unspecified atom stereocenters. The van der Waals surface area contributed by atoms with Crippen molar-refractivity contribution in [2.75, 3.05) is 20.8 Å². The van der Waals surface area contributed by atoms with Crippen molar-refractivity contribution in [3.8, 4) is 11.5 Å². The van der Waals surface area contributed by atoms with Gasteiger partial charge in [0, 0.05) is 10.0 Å². The number of alkyl halides is 1. The molecule has 0 spiro atoms. The van der Waals surface area contributed by atoms with E-state index in [4.69, 9.17) is 14.6 Å². The van der Waals surface area contributed by atoms with Crippen molar-refractivity contribution in [2.24, 2.45) is 0 Å². The maximum Gasteiger partial charge on any atom is 0.161 e. The second-order valence-electron chi connectivity index (χ2n) is 2.88. The summed E-state index contributed by atoms with van der Waals surface area (Å²) in [4.78, 5) is 0. The molecule has 1 aromatic carbocycles. The Morgan fingerprint density at radius 3 is 2.33 bits per heavy atom. The molecule has 84 valence electrons. The van der Waals surface area contributed by atoms with Gasteiger partial charge in [0.1, 0.15) is 6.17 Å². The van der Waals surface area contributed by atoms with Crippen molar-refractivity contribution >= 4 is 15.9 Å². The molecule has 1 rings (SSSR count). The van der Waals surface area contributed by atoms with Crippen LogP contribution in [0.15, 0.2) is 16.6 Å². The Kier molecular flexibility index (Phi) is 4.35. The Bertz CT molecular complexity index is 344. The summed E-state index contributed by atoms with van der Waals surface area (Å²) in [6.07, 6.45) is -1.43. The lowest BCUT2D eigenvalue weighted by Crippen LogP contribution is -2.00. The molecule has 0 radical (unpaired) electrons. The molecule has 0 aliphatic rings. The predicted octanol–water partition coefficient (Wildman–Crippen LogP) is 2.47. The van der Waals surface area contributed by atoms with E-state index >= 15 is 0 Å². The number of hydrogen-bond donors (Lipinski definition) is 1. The molecule has 1 aromatic rings. The average molecular weight is 279 g/mol. The van der Waals surface area contributed by atoms with E-state index in [0.29, 0.717) is 21.5 Å². The molecule has 3 nitrogen and oxygen atoms in total. The van der Waals surface area contributed by atoms with Crippen LogP contribution < -0.4 is 9.47 Å². The van der Waals surface area contributed by atoms with Gasteiger partial charge in [-0.1, -0.05) is 15.9 Å². The van der Waals surface area contributed by atoms with Crippen LogP contribution in [0.5, 0.6) is 11.5 Å². The van der Waals surface area contributed by atoms with Crippen LogP contribution in [0.2, 0.25) is 0 Å².